The number of hydrogen-bond donors (Lipinski definition) is 0. The lowest BCUT2D eigenvalue weighted by Crippen LogP contribution is -2.21. The first-order chi connectivity index (χ1) is 4.34. The van der Waals surface area contributed by atoms with Crippen LogP contribution in [0.4, 0.5) is 0 Å². The Hall–Kier alpha value is 0.250. The number of alkyl halides is 1. The molecule has 1 nitrogen and oxygen atoms in total. The van der Waals surface area contributed by atoms with Crippen molar-refractivity contribution < 1.29 is 0 Å². The molecule has 1 rings (SSSR count). The van der Waals surface area contributed by atoms with Crippen molar-refractivity contribution in [2.45, 2.75) is 25.3 Å². The van der Waals surface area contributed by atoms with E-state index in [9.17, 15) is 0 Å². The summed E-state index contributed by atoms with van der Waals surface area (Å²) in [6, 6.07) is 0.896. The number of halogens is 1. The van der Waals surface area contributed by atoms with Crippen LogP contribution in [0, 0.1) is 0 Å². The Morgan fingerprint density at radius 3 is 2.67 bits per heavy atom. The fraction of sp³-hybridized carbons (Fsp3) is 1.00. The van der Waals surface area contributed by atoms with E-state index in [0.717, 1.165) is 18.3 Å². The lowest BCUT2D eigenvalue weighted by Gasteiger charge is -2.13. The van der Waals surface area contributed by atoms with Crippen LogP contribution in [0.2, 0.25) is 0 Å². The molecule has 0 N–H and O–H groups in total. The quantitative estimate of drug-likeness (QED) is 0.548. The fourth-order valence-electron chi connectivity index (χ4n) is 1.01. The third-order valence-corrected chi connectivity index (χ3v) is 2.08. The predicted molar refractivity (Wildman–Crippen MR) is 41.0 cm³/mol. The zero-order valence-corrected chi connectivity index (χ0v) is 6.69. The maximum atomic E-state index is 5.54. The maximum Gasteiger partial charge on any atom is 0.0235 e. The van der Waals surface area contributed by atoms with Crippen LogP contribution in [-0.4, -0.2) is 30.4 Å². The van der Waals surface area contributed by atoms with Gasteiger partial charge in [0.1, 0.15) is 0 Å². The van der Waals surface area contributed by atoms with Crippen LogP contribution in [0.1, 0.15) is 19.3 Å². The van der Waals surface area contributed by atoms with Gasteiger partial charge >= 0.3 is 0 Å². The molecule has 1 aliphatic rings. The van der Waals surface area contributed by atoms with Crippen LogP contribution < -0.4 is 0 Å². The van der Waals surface area contributed by atoms with E-state index in [2.05, 4.69) is 11.9 Å². The summed E-state index contributed by atoms with van der Waals surface area (Å²) in [5.74, 6) is 0.803. The van der Waals surface area contributed by atoms with E-state index in [1.807, 2.05) is 0 Å². The minimum Gasteiger partial charge on any atom is -0.303 e. The zero-order valence-electron chi connectivity index (χ0n) is 5.94. The van der Waals surface area contributed by atoms with E-state index in [1.54, 1.807) is 0 Å². The van der Waals surface area contributed by atoms with Gasteiger partial charge in [0, 0.05) is 11.9 Å². The fourth-order valence-corrected chi connectivity index (χ4v) is 1.13. The van der Waals surface area contributed by atoms with Gasteiger partial charge in [-0.05, 0) is 32.9 Å². The number of hydrogen-bond acceptors (Lipinski definition) is 1. The molecule has 0 heterocycles. The molecule has 0 unspecified atom stereocenters. The van der Waals surface area contributed by atoms with Gasteiger partial charge in [0.05, 0.1) is 0 Å². The van der Waals surface area contributed by atoms with E-state index in [-0.39, 0.29) is 0 Å². The summed E-state index contributed by atoms with van der Waals surface area (Å²) in [5, 5.41) is 0. The van der Waals surface area contributed by atoms with Crippen molar-refractivity contribution in [1.29, 1.82) is 0 Å². The van der Waals surface area contributed by atoms with Gasteiger partial charge in [0.25, 0.3) is 0 Å². The molecule has 0 amide bonds. The second kappa shape index (κ2) is 3.43. The van der Waals surface area contributed by atoms with Gasteiger partial charge in [-0.2, -0.15) is 0 Å². The van der Waals surface area contributed by atoms with Crippen LogP contribution in [0.5, 0.6) is 0 Å². The highest BCUT2D eigenvalue weighted by atomic mass is 35.5. The highest BCUT2D eigenvalue weighted by molar-refractivity contribution is 6.17. The molecule has 54 valence electrons. The molecule has 1 fully saturated rings. The first-order valence-electron chi connectivity index (χ1n) is 3.61. The summed E-state index contributed by atoms with van der Waals surface area (Å²) < 4.78 is 0. The van der Waals surface area contributed by atoms with E-state index in [0.29, 0.717) is 0 Å². The molecule has 0 spiro atoms. The van der Waals surface area contributed by atoms with Crippen LogP contribution >= 0.6 is 11.6 Å². The molecular weight excluding hydrogens is 134 g/mol. The van der Waals surface area contributed by atoms with Gasteiger partial charge in [-0.1, -0.05) is 0 Å². The van der Waals surface area contributed by atoms with Gasteiger partial charge in [-0.3, -0.25) is 0 Å². The van der Waals surface area contributed by atoms with Gasteiger partial charge in [0.2, 0.25) is 0 Å². The maximum absolute atomic E-state index is 5.54. The Morgan fingerprint density at radius 1 is 1.56 bits per heavy atom. The molecule has 0 bridgehead atoms. The Labute approximate surface area is 62.0 Å². The van der Waals surface area contributed by atoms with E-state index < -0.39 is 0 Å². The molecule has 0 saturated heterocycles. The average molecular weight is 148 g/mol. The van der Waals surface area contributed by atoms with Crippen molar-refractivity contribution in [2.24, 2.45) is 0 Å². The Balaban J connectivity index is 1.96. The topological polar surface area (TPSA) is 3.24 Å². The SMILES string of the molecule is CN(CCCCl)C1CC1. The van der Waals surface area contributed by atoms with Crippen molar-refractivity contribution in [3.05, 3.63) is 0 Å². The summed E-state index contributed by atoms with van der Waals surface area (Å²) in [7, 11) is 2.18. The molecule has 0 aromatic rings. The molecule has 1 aliphatic carbocycles. The lowest BCUT2D eigenvalue weighted by atomic mass is 10.4. The smallest absolute Gasteiger partial charge is 0.0235 e. The minimum atomic E-state index is 0.803. The van der Waals surface area contributed by atoms with Crippen molar-refractivity contribution in [2.75, 3.05) is 19.5 Å². The highest BCUT2D eigenvalue weighted by Gasteiger charge is 2.24. The van der Waals surface area contributed by atoms with E-state index in [1.165, 1.54) is 19.4 Å². The van der Waals surface area contributed by atoms with Crippen LogP contribution in [-0.2, 0) is 0 Å². The summed E-state index contributed by atoms with van der Waals surface area (Å²) in [5.41, 5.74) is 0. The van der Waals surface area contributed by atoms with Gasteiger partial charge in [-0.25, -0.2) is 0 Å². The van der Waals surface area contributed by atoms with Crippen molar-refractivity contribution in [3.8, 4) is 0 Å². The molecule has 0 aromatic heterocycles. The summed E-state index contributed by atoms with van der Waals surface area (Å²) in [6.45, 7) is 1.17. The van der Waals surface area contributed by atoms with Crippen molar-refractivity contribution >= 4 is 11.6 Å². The number of rotatable bonds is 4. The molecule has 1 saturated carbocycles. The van der Waals surface area contributed by atoms with E-state index >= 15 is 0 Å². The van der Waals surface area contributed by atoms with E-state index in [4.69, 9.17) is 11.6 Å². The first-order valence-corrected chi connectivity index (χ1v) is 4.14. The van der Waals surface area contributed by atoms with Gasteiger partial charge < -0.3 is 4.90 Å². The molecule has 9 heavy (non-hydrogen) atoms. The normalized spacial score (nSPS) is 19.0. The third-order valence-electron chi connectivity index (χ3n) is 1.81. The molecule has 0 aliphatic heterocycles. The van der Waals surface area contributed by atoms with Crippen LogP contribution in [0.3, 0.4) is 0 Å². The Bertz CT molecular complexity index is 81.0. The summed E-state index contributed by atoms with van der Waals surface area (Å²) in [6.07, 6.45) is 3.94. The molecule has 0 radical (unpaired) electrons. The third kappa shape index (κ3) is 2.55. The van der Waals surface area contributed by atoms with Crippen LogP contribution in [0.15, 0.2) is 0 Å². The Kier molecular flexibility index (Phi) is 2.80. The minimum absolute atomic E-state index is 0.803. The number of nitrogens with zero attached hydrogens (tertiary/aromatic N) is 1. The monoisotopic (exact) mass is 147 g/mol. The second-order valence-electron chi connectivity index (χ2n) is 2.75. The second-order valence-corrected chi connectivity index (χ2v) is 3.13. The first kappa shape index (κ1) is 7.36. The Morgan fingerprint density at radius 2 is 2.22 bits per heavy atom. The zero-order chi connectivity index (χ0) is 6.69. The average Bonchev–Trinajstić information content (AvgIpc) is 2.63. The largest absolute Gasteiger partial charge is 0.303 e. The lowest BCUT2D eigenvalue weighted by molar-refractivity contribution is 0.325. The predicted octanol–water partition coefficient (Wildman–Crippen LogP) is 1.71. The molecular formula is C7H14ClN. The molecule has 2 heteroatoms. The summed E-state index contributed by atoms with van der Waals surface area (Å²) in [4.78, 5) is 2.41. The highest BCUT2D eigenvalue weighted by Crippen LogP contribution is 2.25. The molecule has 0 aromatic carbocycles. The van der Waals surface area contributed by atoms with Crippen molar-refractivity contribution in [3.63, 3.8) is 0 Å². The van der Waals surface area contributed by atoms with Crippen molar-refractivity contribution in [1.82, 2.24) is 4.90 Å². The van der Waals surface area contributed by atoms with Gasteiger partial charge in [0.15, 0.2) is 0 Å². The standard InChI is InChI=1S/C7H14ClN/c1-9(6-2-5-8)7-3-4-7/h7H,2-6H2,1H3. The van der Waals surface area contributed by atoms with Gasteiger partial charge in [-0.15, -0.1) is 11.6 Å². The van der Waals surface area contributed by atoms with Crippen LogP contribution in [0.25, 0.3) is 0 Å². The summed E-state index contributed by atoms with van der Waals surface area (Å²) >= 11 is 5.54. The molecule has 0 atom stereocenters.